The number of hydrogen-bond donors (Lipinski definition) is 0. The molecule has 2 amide bonds. The molecule has 1 aliphatic heterocycles. The molecule has 0 saturated carbocycles. The summed E-state index contributed by atoms with van der Waals surface area (Å²) in [5.41, 5.74) is 1.86. The molecule has 1 saturated heterocycles. The summed E-state index contributed by atoms with van der Waals surface area (Å²) in [4.78, 5) is 26.4. The van der Waals surface area contributed by atoms with Crippen molar-refractivity contribution in [3.63, 3.8) is 0 Å². The third-order valence-electron chi connectivity index (χ3n) is 4.90. The van der Waals surface area contributed by atoms with Crippen molar-refractivity contribution in [3.8, 4) is 5.75 Å². The summed E-state index contributed by atoms with van der Waals surface area (Å²) in [7, 11) is 0. The minimum Gasteiger partial charge on any atom is -0.488 e. The Morgan fingerprint density at radius 2 is 1.79 bits per heavy atom. The third kappa shape index (κ3) is 5.59. The number of carbonyl (C=O) groups is 2. The molecule has 1 aliphatic rings. The van der Waals surface area contributed by atoms with Crippen LogP contribution in [0.3, 0.4) is 0 Å². The lowest BCUT2D eigenvalue weighted by molar-refractivity contribution is -0.129. The summed E-state index contributed by atoms with van der Waals surface area (Å²) in [6, 6.07) is 17.4. The van der Waals surface area contributed by atoms with Gasteiger partial charge < -0.3 is 9.47 Å². The second-order valence-electron chi connectivity index (χ2n) is 8.57. The van der Waals surface area contributed by atoms with Crippen molar-refractivity contribution in [1.29, 1.82) is 0 Å². The fourth-order valence-corrected chi connectivity index (χ4v) is 3.50. The zero-order valence-corrected chi connectivity index (χ0v) is 17.6. The molecule has 5 heteroatoms. The van der Waals surface area contributed by atoms with Crippen molar-refractivity contribution < 1.29 is 19.1 Å². The first-order chi connectivity index (χ1) is 13.7. The average Bonchev–Trinajstić information content (AvgIpc) is 3.02. The molecule has 154 valence electrons. The highest BCUT2D eigenvalue weighted by atomic mass is 16.6. The molecule has 0 unspecified atom stereocenters. The Kier molecular flexibility index (Phi) is 6.26. The van der Waals surface area contributed by atoms with Crippen molar-refractivity contribution in [2.24, 2.45) is 0 Å². The van der Waals surface area contributed by atoms with Gasteiger partial charge in [0.1, 0.15) is 18.0 Å². The monoisotopic (exact) mass is 395 g/mol. The molecule has 1 fully saturated rings. The smallest absolute Gasteiger partial charge is 0.416 e. The minimum absolute atomic E-state index is 0.0167. The fraction of sp³-hybridized carbons (Fsp3) is 0.417. The van der Waals surface area contributed by atoms with Gasteiger partial charge in [-0.3, -0.25) is 4.79 Å². The summed E-state index contributed by atoms with van der Waals surface area (Å²) in [5, 5.41) is 0. The normalized spacial score (nSPS) is 17.7. The second kappa shape index (κ2) is 8.68. The number of hydrogen-bond acceptors (Lipinski definition) is 4. The molecule has 0 N–H and O–H groups in total. The topological polar surface area (TPSA) is 55.8 Å². The Bertz CT molecular complexity index is 839. The van der Waals surface area contributed by atoms with Crippen molar-refractivity contribution in [2.75, 3.05) is 6.61 Å². The van der Waals surface area contributed by atoms with E-state index in [1.165, 1.54) is 4.90 Å². The maximum absolute atomic E-state index is 12.9. The van der Waals surface area contributed by atoms with Gasteiger partial charge in [0, 0.05) is 6.42 Å². The first kappa shape index (κ1) is 20.9. The predicted octanol–water partition coefficient (Wildman–Crippen LogP) is 4.95. The minimum atomic E-state index is -0.544. The van der Waals surface area contributed by atoms with Gasteiger partial charge in [0.25, 0.3) is 0 Å². The number of rotatable bonds is 6. The molecule has 2 aromatic rings. The fourth-order valence-electron chi connectivity index (χ4n) is 3.50. The lowest BCUT2D eigenvalue weighted by Gasteiger charge is -2.23. The summed E-state index contributed by atoms with van der Waals surface area (Å²) < 4.78 is 11.0. The highest BCUT2D eigenvalue weighted by molar-refractivity contribution is 5.93. The van der Waals surface area contributed by atoms with Gasteiger partial charge in [-0.2, -0.15) is 0 Å². The molecule has 29 heavy (non-hydrogen) atoms. The van der Waals surface area contributed by atoms with E-state index in [1.54, 1.807) is 0 Å². The van der Waals surface area contributed by atoms with E-state index in [9.17, 15) is 9.59 Å². The third-order valence-corrected chi connectivity index (χ3v) is 4.90. The van der Waals surface area contributed by atoms with Gasteiger partial charge in [-0.25, -0.2) is 9.69 Å². The van der Waals surface area contributed by atoms with Crippen LogP contribution in [0.2, 0.25) is 0 Å². The van der Waals surface area contributed by atoms with Crippen LogP contribution in [0, 0.1) is 0 Å². The van der Waals surface area contributed by atoms with E-state index < -0.39 is 6.09 Å². The number of amides is 2. The van der Waals surface area contributed by atoms with Crippen molar-refractivity contribution >= 4 is 12.0 Å². The molecule has 0 aromatic heterocycles. The van der Waals surface area contributed by atoms with Gasteiger partial charge in [-0.15, -0.1) is 0 Å². The van der Waals surface area contributed by atoms with E-state index in [0.717, 1.165) is 16.9 Å². The first-order valence-electron chi connectivity index (χ1n) is 10.0. The zero-order valence-electron chi connectivity index (χ0n) is 17.6. The average molecular weight is 395 g/mol. The molecule has 5 nitrogen and oxygen atoms in total. The number of carbonyl (C=O) groups excluding carboxylic acids is 2. The highest BCUT2D eigenvalue weighted by Crippen LogP contribution is 2.26. The lowest BCUT2D eigenvalue weighted by Crippen LogP contribution is -2.40. The van der Waals surface area contributed by atoms with E-state index in [0.29, 0.717) is 6.42 Å². The molecule has 0 bridgehead atoms. The first-order valence-corrected chi connectivity index (χ1v) is 10.0. The molecular formula is C24H29NO4. The van der Waals surface area contributed by atoms with E-state index in [-0.39, 0.29) is 36.5 Å². The Labute approximate surface area is 172 Å². The number of ether oxygens (including phenoxy) is 2. The number of cyclic esters (lactones) is 1. The number of nitrogens with zero attached hydrogens (tertiary/aromatic N) is 1. The molecule has 2 atom stereocenters. The predicted molar refractivity (Wildman–Crippen MR) is 112 cm³/mol. The Morgan fingerprint density at radius 1 is 1.14 bits per heavy atom. The van der Waals surface area contributed by atoms with Crippen LogP contribution in [0.1, 0.15) is 51.2 Å². The van der Waals surface area contributed by atoms with E-state index in [4.69, 9.17) is 9.47 Å². The highest BCUT2D eigenvalue weighted by Gasteiger charge is 2.38. The Balaban J connectivity index is 1.64. The Morgan fingerprint density at radius 3 is 2.41 bits per heavy atom. The van der Waals surface area contributed by atoms with Crippen LogP contribution in [0.15, 0.2) is 54.6 Å². The van der Waals surface area contributed by atoms with Gasteiger partial charge in [-0.1, -0.05) is 49.4 Å². The van der Waals surface area contributed by atoms with Crippen LogP contribution >= 0.6 is 0 Å². The van der Waals surface area contributed by atoms with Gasteiger partial charge in [0.2, 0.25) is 5.91 Å². The standard InChI is InChI=1S/C24H29NO4/c1-17(19-10-12-21(13-11-19)29-24(2,3)4)14-22(26)25-20(16-28-23(25)27)15-18-8-6-5-7-9-18/h5-13,17,20H,14-16H2,1-4H3/t17-,20+/m0/s1. The molecular weight excluding hydrogens is 366 g/mol. The van der Waals surface area contributed by atoms with Gasteiger partial charge in [-0.05, 0) is 56.4 Å². The lowest BCUT2D eigenvalue weighted by atomic mass is 9.96. The van der Waals surface area contributed by atoms with Gasteiger partial charge >= 0.3 is 6.09 Å². The summed E-state index contributed by atoms with van der Waals surface area (Å²) in [6.07, 6.45) is 0.308. The maximum atomic E-state index is 12.9. The van der Waals surface area contributed by atoms with Crippen LogP contribution in [0.5, 0.6) is 5.75 Å². The van der Waals surface area contributed by atoms with Crippen molar-refractivity contribution in [2.45, 2.75) is 58.1 Å². The summed E-state index contributed by atoms with van der Waals surface area (Å²) >= 11 is 0. The van der Waals surface area contributed by atoms with Gasteiger partial charge in [0.05, 0.1) is 6.04 Å². The van der Waals surface area contributed by atoms with Crippen LogP contribution in [0.25, 0.3) is 0 Å². The number of benzene rings is 2. The van der Waals surface area contributed by atoms with E-state index in [2.05, 4.69) is 0 Å². The summed E-state index contributed by atoms with van der Waals surface area (Å²) in [5.74, 6) is 0.582. The molecule has 2 aromatic carbocycles. The van der Waals surface area contributed by atoms with E-state index in [1.807, 2.05) is 82.3 Å². The molecule has 1 heterocycles. The largest absolute Gasteiger partial charge is 0.488 e. The van der Waals surface area contributed by atoms with Crippen molar-refractivity contribution in [1.82, 2.24) is 4.90 Å². The molecule has 0 aliphatic carbocycles. The van der Waals surface area contributed by atoms with E-state index >= 15 is 0 Å². The van der Waals surface area contributed by atoms with Gasteiger partial charge in [0.15, 0.2) is 0 Å². The maximum Gasteiger partial charge on any atom is 0.416 e. The zero-order chi connectivity index (χ0) is 21.0. The molecule has 0 radical (unpaired) electrons. The quantitative estimate of drug-likeness (QED) is 0.695. The van der Waals surface area contributed by atoms with Crippen LogP contribution in [-0.2, 0) is 16.0 Å². The van der Waals surface area contributed by atoms with Crippen LogP contribution in [0.4, 0.5) is 4.79 Å². The van der Waals surface area contributed by atoms with Crippen LogP contribution < -0.4 is 4.74 Å². The molecule has 0 spiro atoms. The van der Waals surface area contributed by atoms with Crippen LogP contribution in [-0.4, -0.2) is 35.2 Å². The summed E-state index contributed by atoms with van der Waals surface area (Å²) in [6.45, 7) is 8.24. The van der Waals surface area contributed by atoms with Crippen molar-refractivity contribution in [3.05, 3.63) is 65.7 Å². The number of imide groups is 1. The SMILES string of the molecule is C[C@@H](CC(=O)N1C(=O)OC[C@H]1Cc1ccccc1)c1ccc(OC(C)(C)C)cc1. The Hall–Kier alpha value is -2.82. The second-order valence-corrected chi connectivity index (χ2v) is 8.57. The molecule has 3 rings (SSSR count).